The molecule has 3 aliphatic rings. The fourth-order valence-corrected chi connectivity index (χ4v) is 5.04. The summed E-state index contributed by atoms with van der Waals surface area (Å²) in [7, 11) is 0. The number of carbonyl (C=O) groups excluding carboxylic acids is 1. The van der Waals surface area contributed by atoms with E-state index < -0.39 is 17.0 Å². The van der Waals surface area contributed by atoms with Crippen molar-refractivity contribution in [3.05, 3.63) is 82.9 Å². The molecule has 3 aliphatic heterocycles. The number of carbonyl (C=O) groups is 1. The number of ether oxygens (including phenoxy) is 3. The molecule has 0 fully saturated rings. The molecule has 6 nitrogen and oxygen atoms in total. The summed E-state index contributed by atoms with van der Waals surface area (Å²) in [6, 6.07) is 15.0. The topological polar surface area (TPSA) is 60.0 Å². The minimum atomic E-state index is -0.919. The van der Waals surface area contributed by atoms with Gasteiger partial charge in [0.15, 0.2) is 11.5 Å². The Kier molecular flexibility index (Phi) is 4.91. The largest absolute Gasteiger partial charge is 0.491 e. The molecule has 0 saturated carbocycles. The molecule has 0 saturated heterocycles. The normalized spacial score (nSPS) is 19.5. The van der Waals surface area contributed by atoms with Crippen LogP contribution in [0.4, 0.5) is 14.5 Å². The summed E-state index contributed by atoms with van der Waals surface area (Å²) in [5.74, 6) is 0.675. The lowest BCUT2D eigenvalue weighted by molar-refractivity contribution is -0.122. The van der Waals surface area contributed by atoms with Crippen LogP contribution in [0.5, 0.6) is 17.2 Å². The van der Waals surface area contributed by atoms with Gasteiger partial charge in [-0.2, -0.15) is 0 Å². The van der Waals surface area contributed by atoms with Crippen molar-refractivity contribution >= 4 is 11.6 Å². The number of nitrogens with zero attached hydrogens (tertiary/aromatic N) is 1. The molecular weight excluding hydrogens is 442 g/mol. The third kappa shape index (κ3) is 3.13. The second kappa shape index (κ2) is 7.99. The monoisotopic (exact) mass is 464 g/mol. The number of anilines is 1. The molecule has 1 unspecified atom stereocenters. The van der Waals surface area contributed by atoms with Gasteiger partial charge in [-0.15, -0.1) is 0 Å². The molecule has 0 radical (unpaired) electrons. The molecule has 0 bridgehead atoms. The summed E-state index contributed by atoms with van der Waals surface area (Å²) in [6.45, 7) is 1.73. The molecule has 3 aromatic rings. The van der Waals surface area contributed by atoms with Crippen molar-refractivity contribution < 1.29 is 27.8 Å². The van der Waals surface area contributed by atoms with E-state index in [1.807, 2.05) is 30.3 Å². The lowest BCUT2D eigenvalue weighted by Crippen LogP contribution is -2.43. The van der Waals surface area contributed by atoms with Gasteiger partial charge >= 0.3 is 0 Å². The first-order valence-electron chi connectivity index (χ1n) is 11.2. The van der Waals surface area contributed by atoms with E-state index in [2.05, 4.69) is 5.32 Å². The summed E-state index contributed by atoms with van der Waals surface area (Å²) in [5.41, 5.74) is 2.06. The highest BCUT2D eigenvalue weighted by Crippen LogP contribution is 2.54. The van der Waals surface area contributed by atoms with Crippen LogP contribution in [0.1, 0.15) is 23.1 Å². The Morgan fingerprint density at radius 1 is 0.941 bits per heavy atom. The molecule has 0 aromatic heterocycles. The van der Waals surface area contributed by atoms with E-state index in [-0.39, 0.29) is 25.9 Å². The predicted octanol–water partition coefficient (Wildman–Crippen LogP) is 3.90. The quantitative estimate of drug-likeness (QED) is 0.561. The van der Waals surface area contributed by atoms with Crippen LogP contribution in [0, 0.1) is 11.6 Å². The number of fused-ring (bicyclic) bond motifs is 5. The number of hydrogen-bond acceptors (Lipinski definition) is 5. The molecule has 6 rings (SSSR count). The molecule has 34 heavy (non-hydrogen) atoms. The summed E-state index contributed by atoms with van der Waals surface area (Å²) in [5, 5.41) is 3.17. The van der Waals surface area contributed by atoms with Gasteiger partial charge in [0.2, 0.25) is 12.7 Å². The smallest absolute Gasteiger partial charge is 0.245 e. The van der Waals surface area contributed by atoms with Gasteiger partial charge in [0.25, 0.3) is 0 Å². The Labute approximate surface area is 195 Å². The van der Waals surface area contributed by atoms with E-state index in [1.54, 1.807) is 11.0 Å². The average molecular weight is 464 g/mol. The molecule has 174 valence electrons. The fraction of sp³-hybridized carbons (Fsp3) is 0.269. The van der Waals surface area contributed by atoms with E-state index in [1.165, 1.54) is 12.1 Å². The van der Waals surface area contributed by atoms with Gasteiger partial charge in [0.05, 0.1) is 0 Å². The van der Waals surface area contributed by atoms with Crippen LogP contribution in [-0.4, -0.2) is 32.4 Å². The first-order chi connectivity index (χ1) is 16.6. The van der Waals surface area contributed by atoms with Crippen molar-refractivity contribution in [2.75, 3.05) is 31.4 Å². The van der Waals surface area contributed by atoms with E-state index in [4.69, 9.17) is 14.2 Å². The van der Waals surface area contributed by atoms with Gasteiger partial charge < -0.3 is 24.4 Å². The van der Waals surface area contributed by atoms with Crippen molar-refractivity contribution in [1.29, 1.82) is 0 Å². The second-order valence-corrected chi connectivity index (χ2v) is 8.64. The third-order valence-corrected chi connectivity index (χ3v) is 6.71. The molecule has 0 aliphatic carbocycles. The van der Waals surface area contributed by atoms with Crippen LogP contribution in [0.25, 0.3) is 0 Å². The lowest BCUT2D eigenvalue weighted by Gasteiger charge is -2.23. The minimum Gasteiger partial charge on any atom is -0.491 e. The van der Waals surface area contributed by atoms with Crippen molar-refractivity contribution in [2.24, 2.45) is 0 Å². The van der Waals surface area contributed by atoms with E-state index in [9.17, 15) is 13.6 Å². The third-order valence-electron chi connectivity index (χ3n) is 6.71. The van der Waals surface area contributed by atoms with Gasteiger partial charge in [-0.25, -0.2) is 8.78 Å². The number of benzene rings is 3. The Hall–Kier alpha value is -3.65. The second-order valence-electron chi connectivity index (χ2n) is 8.64. The zero-order valence-corrected chi connectivity index (χ0v) is 18.3. The molecule has 1 N–H and O–H groups in total. The number of para-hydroxylation sites is 1. The van der Waals surface area contributed by atoms with Crippen LogP contribution in [0.3, 0.4) is 0 Å². The SMILES string of the molecule is O=C1N(CCCNCc2ccc(F)cc2F)c2ccccc2C12COc1cc3c(cc12)OCO3. The lowest BCUT2D eigenvalue weighted by atomic mass is 9.77. The van der Waals surface area contributed by atoms with Crippen LogP contribution in [0.2, 0.25) is 0 Å². The van der Waals surface area contributed by atoms with Crippen molar-refractivity contribution in [2.45, 2.75) is 18.4 Å². The Morgan fingerprint density at radius 2 is 1.76 bits per heavy atom. The average Bonchev–Trinajstić information content (AvgIpc) is 3.51. The van der Waals surface area contributed by atoms with Gasteiger partial charge in [-0.1, -0.05) is 24.3 Å². The fourth-order valence-electron chi connectivity index (χ4n) is 5.04. The maximum absolute atomic E-state index is 13.9. The maximum Gasteiger partial charge on any atom is 0.245 e. The molecule has 8 heteroatoms. The molecule has 3 aromatic carbocycles. The Balaban J connectivity index is 1.20. The summed E-state index contributed by atoms with van der Waals surface area (Å²) in [6.07, 6.45) is 0.661. The summed E-state index contributed by atoms with van der Waals surface area (Å²) >= 11 is 0. The highest BCUT2D eigenvalue weighted by molar-refractivity contribution is 6.11. The summed E-state index contributed by atoms with van der Waals surface area (Å²) in [4.78, 5) is 15.7. The molecule has 1 amide bonds. The van der Waals surface area contributed by atoms with Crippen molar-refractivity contribution in [3.8, 4) is 17.2 Å². The van der Waals surface area contributed by atoms with Crippen LogP contribution in [-0.2, 0) is 16.8 Å². The van der Waals surface area contributed by atoms with Gasteiger partial charge in [0.1, 0.15) is 29.4 Å². The Morgan fingerprint density at radius 3 is 2.62 bits per heavy atom. The van der Waals surface area contributed by atoms with Crippen molar-refractivity contribution in [1.82, 2.24) is 5.32 Å². The van der Waals surface area contributed by atoms with Crippen LogP contribution >= 0.6 is 0 Å². The number of hydrogen-bond donors (Lipinski definition) is 1. The molecule has 1 atom stereocenters. The molecular formula is C26H22F2N2O4. The standard InChI is InChI=1S/C26H22F2N2O4/c27-17-7-6-16(20(28)10-17)13-29-8-3-9-30-21-5-2-1-4-18(21)26(25(30)31)14-32-22-12-24-23(11-19(22)26)33-15-34-24/h1-2,4-7,10-12,29H,3,8-9,13-15H2. The maximum atomic E-state index is 13.9. The predicted molar refractivity (Wildman–Crippen MR) is 120 cm³/mol. The highest BCUT2D eigenvalue weighted by atomic mass is 19.1. The van der Waals surface area contributed by atoms with Crippen LogP contribution < -0.4 is 24.4 Å². The Bertz CT molecular complexity index is 1300. The van der Waals surface area contributed by atoms with E-state index in [0.29, 0.717) is 42.3 Å². The number of nitrogens with one attached hydrogen (secondary N) is 1. The first-order valence-corrected chi connectivity index (χ1v) is 11.2. The van der Waals surface area contributed by atoms with E-state index >= 15 is 0 Å². The zero-order chi connectivity index (χ0) is 23.3. The molecule has 1 spiro atoms. The van der Waals surface area contributed by atoms with Crippen LogP contribution in [0.15, 0.2) is 54.6 Å². The number of amides is 1. The van der Waals surface area contributed by atoms with Gasteiger partial charge in [-0.3, -0.25) is 4.79 Å². The summed E-state index contributed by atoms with van der Waals surface area (Å²) < 4.78 is 43.9. The number of halogens is 2. The van der Waals surface area contributed by atoms with Gasteiger partial charge in [-0.05, 0) is 36.7 Å². The number of rotatable bonds is 6. The first kappa shape index (κ1) is 20.9. The molecule has 3 heterocycles. The van der Waals surface area contributed by atoms with Crippen molar-refractivity contribution in [3.63, 3.8) is 0 Å². The highest BCUT2D eigenvalue weighted by Gasteiger charge is 2.57. The minimum absolute atomic E-state index is 0.0316. The van der Waals surface area contributed by atoms with Gasteiger partial charge in [0, 0.05) is 42.0 Å². The van der Waals surface area contributed by atoms with E-state index in [0.717, 1.165) is 22.9 Å². The zero-order valence-electron chi connectivity index (χ0n) is 18.3.